The highest BCUT2D eigenvalue weighted by Gasteiger charge is 2.17. The number of hydrogen-bond donors (Lipinski definition) is 0. The van der Waals surface area contributed by atoms with Crippen LogP contribution < -0.4 is 0 Å². The summed E-state index contributed by atoms with van der Waals surface area (Å²) in [5.74, 6) is 0.514. The van der Waals surface area contributed by atoms with E-state index in [4.69, 9.17) is 9.47 Å². The van der Waals surface area contributed by atoms with Crippen molar-refractivity contribution in [2.75, 3.05) is 13.2 Å². The fourth-order valence-electron chi connectivity index (χ4n) is 1.88. The number of benzene rings is 1. The molecule has 1 aromatic rings. The molecule has 0 spiro atoms. The lowest BCUT2D eigenvalue weighted by atomic mass is 10.1. The number of ether oxygens (including phenoxy) is 3. The van der Waals surface area contributed by atoms with E-state index in [0.717, 1.165) is 5.56 Å². The van der Waals surface area contributed by atoms with Gasteiger partial charge in [-0.25, -0.2) is 4.79 Å². The maximum Gasteiger partial charge on any atom is 0.514 e. The van der Waals surface area contributed by atoms with E-state index in [0.29, 0.717) is 19.0 Å². The maximum absolute atomic E-state index is 10.7. The molecule has 4 heteroatoms. The number of aryl methyl sites for hydroxylation is 2. The van der Waals surface area contributed by atoms with Gasteiger partial charge in [0.25, 0.3) is 0 Å². The lowest BCUT2D eigenvalue weighted by Crippen LogP contribution is -1.96. The predicted octanol–water partition coefficient (Wildman–Crippen LogP) is 2.87. The first kappa shape index (κ1) is 12.6. The Morgan fingerprint density at radius 3 is 2.61 bits per heavy atom. The largest absolute Gasteiger partial charge is 0.514 e. The van der Waals surface area contributed by atoms with E-state index in [9.17, 15) is 4.79 Å². The van der Waals surface area contributed by atoms with Gasteiger partial charge in [0.15, 0.2) is 6.61 Å². The van der Waals surface area contributed by atoms with E-state index in [2.05, 4.69) is 36.8 Å². The van der Waals surface area contributed by atoms with Crippen molar-refractivity contribution in [1.29, 1.82) is 0 Å². The Labute approximate surface area is 106 Å². The average molecular weight is 248 g/mol. The lowest BCUT2D eigenvalue weighted by molar-refractivity contribution is 0.134. The van der Waals surface area contributed by atoms with Crippen LogP contribution in [0.25, 0.3) is 0 Å². The first-order valence-electron chi connectivity index (χ1n) is 5.82. The van der Waals surface area contributed by atoms with Gasteiger partial charge in [-0.15, -0.1) is 0 Å². The highest BCUT2D eigenvalue weighted by molar-refractivity contribution is 5.64. The van der Waals surface area contributed by atoms with Crippen molar-refractivity contribution in [2.45, 2.75) is 20.5 Å². The van der Waals surface area contributed by atoms with E-state index in [1.165, 1.54) is 11.1 Å². The van der Waals surface area contributed by atoms with Gasteiger partial charge < -0.3 is 14.2 Å². The normalized spacial score (nSPS) is 16.8. The van der Waals surface area contributed by atoms with Gasteiger partial charge in [0.2, 0.25) is 0 Å². The Balaban J connectivity index is 1.80. The Morgan fingerprint density at radius 1 is 1.28 bits per heavy atom. The van der Waals surface area contributed by atoms with Gasteiger partial charge in [0.1, 0.15) is 5.76 Å². The van der Waals surface area contributed by atoms with Crippen LogP contribution in [0.1, 0.15) is 16.7 Å². The maximum atomic E-state index is 10.7. The Kier molecular flexibility index (Phi) is 3.99. The van der Waals surface area contributed by atoms with Crippen molar-refractivity contribution >= 4 is 6.16 Å². The summed E-state index contributed by atoms with van der Waals surface area (Å²) < 4.78 is 14.9. The predicted molar refractivity (Wildman–Crippen MR) is 66.1 cm³/mol. The molecular weight excluding hydrogens is 232 g/mol. The molecular formula is C14H16O4. The number of cyclic esters (lactones) is 2. The number of hydrogen-bond acceptors (Lipinski definition) is 4. The molecule has 0 unspecified atom stereocenters. The molecule has 1 saturated heterocycles. The number of carbonyl (C=O) groups excluding carboxylic acids is 1. The van der Waals surface area contributed by atoms with Crippen LogP contribution in [0.4, 0.5) is 4.79 Å². The zero-order chi connectivity index (χ0) is 13.0. The zero-order valence-electron chi connectivity index (χ0n) is 10.6. The highest BCUT2D eigenvalue weighted by Crippen LogP contribution is 2.11. The van der Waals surface area contributed by atoms with Crippen LogP contribution in [0, 0.1) is 13.8 Å². The fourth-order valence-corrected chi connectivity index (χ4v) is 1.88. The summed E-state index contributed by atoms with van der Waals surface area (Å²) in [6.07, 6.45) is 1.07. The summed E-state index contributed by atoms with van der Waals surface area (Å²) in [4.78, 5) is 10.7. The molecule has 1 fully saturated rings. The molecule has 0 atom stereocenters. The molecule has 0 N–H and O–H groups in total. The molecule has 0 amide bonds. The Bertz CT molecular complexity index is 456. The zero-order valence-corrected chi connectivity index (χ0v) is 10.6. The van der Waals surface area contributed by atoms with Gasteiger partial charge in [-0.1, -0.05) is 29.3 Å². The van der Waals surface area contributed by atoms with Crippen LogP contribution >= 0.6 is 0 Å². The molecule has 0 saturated carbocycles. The quantitative estimate of drug-likeness (QED) is 0.607. The molecule has 96 valence electrons. The van der Waals surface area contributed by atoms with Crippen molar-refractivity contribution in [1.82, 2.24) is 0 Å². The van der Waals surface area contributed by atoms with Crippen LogP contribution in [0.2, 0.25) is 0 Å². The topological polar surface area (TPSA) is 44.8 Å². The second kappa shape index (κ2) is 5.69. The SMILES string of the molecule is Cc1cc(C)cc(COC/C=C2\COC(=O)O2)c1. The summed E-state index contributed by atoms with van der Waals surface area (Å²) in [6.45, 7) is 5.27. The van der Waals surface area contributed by atoms with Gasteiger partial charge in [0.05, 0.1) is 13.2 Å². The van der Waals surface area contributed by atoms with Gasteiger partial charge in [-0.2, -0.15) is 0 Å². The van der Waals surface area contributed by atoms with Crippen LogP contribution in [-0.2, 0) is 20.8 Å². The van der Waals surface area contributed by atoms with Crippen molar-refractivity contribution < 1.29 is 19.0 Å². The van der Waals surface area contributed by atoms with Crippen LogP contribution in [-0.4, -0.2) is 19.4 Å². The molecule has 4 nitrogen and oxygen atoms in total. The average Bonchev–Trinajstić information content (AvgIpc) is 2.69. The van der Waals surface area contributed by atoms with E-state index in [1.807, 2.05) is 0 Å². The first-order valence-corrected chi connectivity index (χ1v) is 5.82. The van der Waals surface area contributed by atoms with Gasteiger partial charge in [-0.3, -0.25) is 0 Å². The van der Waals surface area contributed by atoms with Gasteiger partial charge >= 0.3 is 6.16 Å². The minimum absolute atomic E-state index is 0.200. The first-order chi connectivity index (χ1) is 8.63. The Morgan fingerprint density at radius 2 is 2.00 bits per heavy atom. The second-order valence-corrected chi connectivity index (χ2v) is 4.32. The van der Waals surface area contributed by atoms with Gasteiger partial charge in [-0.05, 0) is 25.5 Å². The molecule has 0 aliphatic carbocycles. The second-order valence-electron chi connectivity index (χ2n) is 4.32. The number of carbonyl (C=O) groups is 1. The van der Waals surface area contributed by atoms with E-state index >= 15 is 0 Å². The monoisotopic (exact) mass is 248 g/mol. The minimum atomic E-state index is -0.643. The Hall–Kier alpha value is -1.81. The molecule has 1 aliphatic heterocycles. The molecule has 1 aromatic carbocycles. The molecule has 0 bridgehead atoms. The molecule has 0 aromatic heterocycles. The standard InChI is InChI=1S/C14H16O4/c1-10-5-11(2)7-12(6-10)8-16-4-3-13-9-17-14(15)18-13/h3,5-7H,4,8-9H2,1-2H3/b13-3+. The summed E-state index contributed by atoms with van der Waals surface area (Å²) in [7, 11) is 0. The van der Waals surface area contributed by atoms with E-state index < -0.39 is 6.16 Å². The van der Waals surface area contributed by atoms with Crippen LogP contribution in [0.5, 0.6) is 0 Å². The lowest BCUT2D eigenvalue weighted by Gasteiger charge is -2.05. The van der Waals surface area contributed by atoms with Crippen molar-refractivity contribution in [2.24, 2.45) is 0 Å². The molecule has 2 rings (SSSR count). The number of rotatable bonds is 4. The van der Waals surface area contributed by atoms with Crippen molar-refractivity contribution in [3.63, 3.8) is 0 Å². The molecule has 0 radical (unpaired) electrons. The third-order valence-corrected chi connectivity index (χ3v) is 2.53. The molecule has 1 heterocycles. The molecule has 1 aliphatic rings. The smallest absolute Gasteiger partial charge is 0.426 e. The third-order valence-electron chi connectivity index (χ3n) is 2.53. The summed E-state index contributed by atoms with van der Waals surface area (Å²) in [5.41, 5.74) is 3.60. The summed E-state index contributed by atoms with van der Waals surface area (Å²) in [6, 6.07) is 6.32. The van der Waals surface area contributed by atoms with Crippen LogP contribution in [0.3, 0.4) is 0 Å². The van der Waals surface area contributed by atoms with E-state index in [-0.39, 0.29) is 6.61 Å². The highest BCUT2D eigenvalue weighted by atomic mass is 16.8. The summed E-state index contributed by atoms with van der Waals surface area (Å²) >= 11 is 0. The van der Waals surface area contributed by atoms with Crippen LogP contribution in [0.15, 0.2) is 30.0 Å². The summed E-state index contributed by atoms with van der Waals surface area (Å²) in [5, 5.41) is 0. The third kappa shape index (κ3) is 3.60. The van der Waals surface area contributed by atoms with Crippen molar-refractivity contribution in [3.8, 4) is 0 Å². The van der Waals surface area contributed by atoms with Gasteiger partial charge in [0, 0.05) is 0 Å². The van der Waals surface area contributed by atoms with Crippen molar-refractivity contribution in [3.05, 3.63) is 46.7 Å². The molecule has 18 heavy (non-hydrogen) atoms. The fraction of sp³-hybridized carbons (Fsp3) is 0.357. The minimum Gasteiger partial charge on any atom is -0.426 e. The van der Waals surface area contributed by atoms with E-state index in [1.54, 1.807) is 6.08 Å².